The fraction of sp³-hybridized carbons (Fsp3) is 0.474. The lowest BCUT2D eigenvalue weighted by molar-refractivity contribution is -0.159. The number of benzene rings is 1. The number of carboxylic acids is 1. The van der Waals surface area contributed by atoms with Gasteiger partial charge in [0, 0.05) is 37.0 Å². The molecule has 0 radical (unpaired) electrons. The van der Waals surface area contributed by atoms with Crippen molar-refractivity contribution in [1.29, 1.82) is 0 Å². The van der Waals surface area contributed by atoms with Gasteiger partial charge in [0.1, 0.15) is 5.41 Å². The number of fused-ring (bicyclic) bond motifs is 2. The average Bonchev–Trinajstić information content (AvgIpc) is 3.22. The molecule has 3 heterocycles. The number of rotatable bonds is 4. The maximum atomic E-state index is 13.0. The van der Waals surface area contributed by atoms with Crippen molar-refractivity contribution in [3.05, 3.63) is 36.0 Å². The summed E-state index contributed by atoms with van der Waals surface area (Å²) in [7, 11) is 0. The highest BCUT2D eigenvalue weighted by atomic mass is 19.3. The summed E-state index contributed by atoms with van der Waals surface area (Å²) < 4.78 is 32.3. The lowest BCUT2D eigenvalue weighted by Crippen LogP contribution is -2.46. The molecule has 6 nitrogen and oxygen atoms in total. The Labute approximate surface area is 154 Å². The molecular weight excluding hydrogens is 358 g/mol. The summed E-state index contributed by atoms with van der Waals surface area (Å²) in [4.78, 5) is 26.4. The van der Waals surface area contributed by atoms with E-state index in [1.54, 1.807) is 35.4 Å². The molecule has 8 heteroatoms. The van der Waals surface area contributed by atoms with Crippen LogP contribution in [0.15, 0.2) is 30.5 Å². The number of nitrogens with zero attached hydrogens (tertiary/aromatic N) is 2. The molecule has 2 saturated heterocycles. The second kappa shape index (κ2) is 6.60. The van der Waals surface area contributed by atoms with Gasteiger partial charge in [0.2, 0.25) is 0 Å². The third-order valence-corrected chi connectivity index (χ3v) is 5.73. The molecule has 1 N–H and O–H groups in total. The van der Waals surface area contributed by atoms with E-state index in [0.29, 0.717) is 30.7 Å². The van der Waals surface area contributed by atoms with Gasteiger partial charge in [0.25, 0.3) is 12.3 Å². The Kier molecular flexibility index (Phi) is 4.38. The van der Waals surface area contributed by atoms with E-state index >= 15 is 0 Å². The van der Waals surface area contributed by atoms with Gasteiger partial charge in [0.15, 0.2) is 0 Å². The van der Waals surface area contributed by atoms with Crippen molar-refractivity contribution in [3.8, 4) is 0 Å². The van der Waals surface area contributed by atoms with Crippen LogP contribution in [0.5, 0.6) is 0 Å². The Morgan fingerprint density at radius 2 is 2.15 bits per heavy atom. The van der Waals surface area contributed by atoms with Crippen LogP contribution in [0.25, 0.3) is 10.9 Å². The van der Waals surface area contributed by atoms with Gasteiger partial charge in [-0.25, -0.2) is 8.78 Å². The number of amides is 1. The summed E-state index contributed by atoms with van der Waals surface area (Å²) in [6, 6.07) is 6.71. The van der Waals surface area contributed by atoms with Crippen LogP contribution >= 0.6 is 0 Å². The topological polar surface area (TPSA) is 71.8 Å². The average molecular weight is 378 g/mol. The van der Waals surface area contributed by atoms with Crippen molar-refractivity contribution in [3.63, 3.8) is 0 Å². The molecule has 2 fully saturated rings. The summed E-state index contributed by atoms with van der Waals surface area (Å²) in [5, 5.41) is 10.5. The molecule has 0 aliphatic carbocycles. The van der Waals surface area contributed by atoms with Crippen molar-refractivity contribution < 1.29 is 28.2 Å². The van der Waals surface area contributed by atoms with Crippen LogP contribution in [0.1, 0.15) is 16.8 Å². The Hall–Kier alpha value is -2.48. The normalized spacial score (nSPS) is 25.1. The maximum Gasteiger partial charge on any atom is 0.314 e. The van der Waals surface area contributed by atoms with E-state index in [1.807, 2.05) is 0 Å². The van der Waals surface area contributed by atoms with E-state index in [2.05, 4.69) is 0 Å². The molecule has 2 aliphatic rings. The molecule has 4 rings (SSSR count). The predicted molar refractivity (Wildman–Crippen MR) is 92.8 cm³/mol. The Morgan fingerprint density at radius 1 is 1.33 bits per heavy atom. The summed E-state index contributed by atoms with van der Waals surface area (Å²) in [6.07, 6.45) is -0.310. The van der Waals surface area contributed by atoms with Crippen molar-refractivity contribution in [2.45, 2.75) is 19.4 Å². The highest BCUT2D eigenvalue weighted by Crippen LogP contribution is 2.42. The van der Waals surface area contributed by atoms with Crippen molar-refractivity contribution in [2.24, 2.45) is 11.3 Å². The van der Waals surface area contributed by atoms with Crippen molar-refractivity contribution in [2.75, 3.05) is 26.3 Å². The molecule has 1 aromatic heterocycles. The smallest absolute Gasteiger partial charge is 0.314 e. The maximum absolute atomic E-state index is 13.0. The third kappa shape index (κ3) is 2.97. The Morgan fingerprint density at radius 3 is 2.85 bits per heavy atom. The standard InChI is InChI=1S/C19H20F2N2O4/c20-16(21)9-22-5-3-12-1-2-13(7-15(12)22)17(24)23-8-14-4-6-27-11-19(14,10-23)18(25)26/h1-3,5,7,14,16H,4,6,8-11H2,(H,25,26)/t14-,19+/m1/s1. The number of likely N-dealkylation sites (tertiary alicyclic amines) is 1. The summed E-state index contributed by atoms with van der Waals surface area (Å²) in [5.41, 5.74) is -0.126. The van der Waals surface area contributed by atoms with Gasteiger partial charge in [-0.2, -0.15) is 0 Å². The van der Waals surface area contributed by atoms with Gasteiger partial charge in [0.05, 0.1) is 13.2 Å². The molecule has 2 aromatic rings. The van der Waals surface area contributed by atoms with Gasteiger partial charge in [-0.05, 0) is 35.9 Å². The first-order valence-electron chi connectivity index (χ1n) is 8.88. The first-order chi connectivity index (χ1) is 12.9. The molecule has 27 heavy (non-hydrogen) atoms. The van der Waals surface area contributed by atoms with Gasteiger partial charge in [-0.3, -0.25) is 9.59 Å². The van der Waals surface area contributed by atoms with Gasteiger partial charge < -0.3 is 19.3 Å². The molecule has 1 aromatic carbocycles. The van der Waals surface area contributed by atoms with Crippen LogP contribution in [0.3, 0.4) is 0 Å². The molecule has 0 spiro atoms. The van der Waals surface area contributed by atoms with E-state index in [-0.39, 0.29) is 25.0 Å². The molecule has 2 aliphatic heterocycles. The van der Waals surface area contributed by atoms with Crippen molar-refractivity contribution in [1.82, 2.24) is 9.47 Å². The Balaban J connectivity index is 1.62. The summed E-state index contributed by atoms with van der Waals surface area (Å²) in [6.45, 7) is 0.626. The van der Waals surface area contributed by atoms with E-state index in [4.69, 9.17) is 4.74 Å². The van der Waals surface area contributed by atoms with Crippen LogP contribution in [0.4, 0.5) is 8.78 Å². The molecular formula is C19H20F2N2O4. The fourth-order valence-corrected chi connectivity index (χ4v) is 4.25. The third-order valence-electron chi connectivity index (χ3n) is 5.73. The zero-order valence-corrected chi connectivity index (χ0v) is 14.6. The number of carbonyl (C=O) groups excluding carboxylic acids is 1. The van der Waals surface area contributed by atoms with Crippen LogP contribution in [-0.2, 0) is 16.1 Å². The lowest BCUT2D eigenvalue weighted by atomic mass is 9.76. The minimum Gasteiger partial charge on any atom is -0.481 e. The van der Waals surface area contributed by atoms with Gasteiger partial charge in [-0.15, -0.1) is 0 Å². The molecule has 0 unspecified atom stereocenters. The fourth-order valence-electron chi connectivity index (χ4n) is 4.25. The first-order valence-corrected chi connectivity index (χ1v) is 8.88. The molecule has 2 atom stereocenters. The van der Waals surface area contributed by atoms with Gasteiger partial charge in [-0.1, -0.05) is 6.07 Å². The van der Waals surface area contributed by atoms with Crippen LogP contribution in [-0.4, -0.2) is 59.2 Å². The van der Waals surface area contributed by atoms with E-state index in [0.717, 1.165) is 5.39 Å². The molecule has 1 amide bonds. The highest BCUT2D eigenvalue weighted by Gasteiger charge is 2.55. The second-order valence-corrected chi connectivity index (χ2v) is 7.32. The second-order valence-electron chi connectivity index (χ2n) is 7.32. The molecule has 144 valence electrons. The zero-order chi connectivity index (χ0) is 19.2. The van der Waals surface area contributed by atoms with Crippen LogP contribution in [0.2, 0.25) is 0 Å². The van der Waals surface area contributed by atoms with E-state index in [1.165, 1.54) is 4.57 Å². The number of carboxylic acid groups (broad SMARTS) is 1. The predicted octanol–water partition coefficient (Wildman–Crippen LogP) is 2.47. The minimum atomic E-state index is -2.49. The SMILES string of the molecule is O=C(c1ccc2ccn(CC(F)F)c2c1)N1C[C@H]2CCOC[C@@]2(C(=O)O)C1. The minimum absolute atomic E-state index is 0.0991. The lowest BCUT2D eigenvalue weighted by Gasteiger charge is -2.33. The summed E-state index contributed by atoms with van der Waals surface area (Å²) >= 11 is 0. The first kappa shape index (κ1) is 17.9. The van der Waals surface area contributed by atoms with Crippen LogP contribution < -0.4 is 0 Å². The highest BCUT2D eigenvalue weighted by molar-refractivity contribution is 5.98. The number of aromatic nitrogens is 1. The number of hydrogen-bond acceptors (Lipinski definition) is 3. The monoisotopic (exact) mass is 378 g/mol. The quantitative estimate of drug-likeness (QED) is 0.887. The number of carbonyl (C=O) groups is 2. The molecule has 0 bridgehead atoms. The zero-order valence-electron chi connectivity index (χ0n) is 14.6. The largest absolute Gasteiger partial charge is 0.481 e. The number of aliphatic carboxylic acids is 1. The van der Waals surface area contributed by atoms with E-state index in [9.17, 15) is 23.5 Å². The van der Waals surface area contributed by atoms with Crippen molar-refractivity contribution >= 4 is 22.8 Å². The van der Waals surface area contributed by atoms with Crippen LogP contribution in [0, 0.1) is 11.3 Å². The number of halogens is 2. The Bertz CT molecular complexity index is 897. The van der Waals surface area contributed by atoms with E-state index < -0.39 is 24.4 Å². The van der Waals surface area contributed by atoms with Gasteiger partial charge >= 0.3 is 5.97 Å². The number of ether oxygens (including phenoxy) is 1. The number of alkyl halides is 2. The summed E-state index contributed by atoms with van der Waals surface area (Å²) in [5.74, 6) is -1.36. The molecule has 0 saturated carbocycles. The number of hydrogen-bond donors (Lipinski definition) is 1.